The minimum absolute atomic E-state index is 0.0193. The molecule has 0 aromatic heterocycles. The smallest absolute Gasteiger partial charge is 0.335 e. The summed E-state index contributed by atoms with van der Waals surface area (Å²) >= 11 is 3.33. The van der Waals surface area contributed by atoms with Gasteiger partial charge in [0.15, 0.2) is 0 Å². The fourth-order valence-electron chi connectivity index (χ4n) is 3.09. The summed E-state index contributed by atoms with van der Waals surface area (Å²) in [6.45, 7) is 0. The fourth-order valence-corrected chi connectivity index (χ4v) is 3.44. The Morgan fingerprint density at radius 2 is 2.15 bits per heavy atom. The van der Waals surface area contributed by atoms with Crippen LogP contribution in [-0.2, 0) is 4.79 Å². The largest absolute Gasteiger partial charge is 0.478 e. The van der Waals surface area contributed by atoms with Gasteiger partial charge in [-0.25, -0.2) is 4.79 Å². The van der Waals surface area contributed by atoms with Crippen LogP contribution in [0.2, 0.25) is 0 Å². The van der Waals surface area contributed by atoms with E-state index in [0.717, 1.165) is 19.3 Å². The number of carboxylic acids is 1. The summed E-state index contributed by atoms with van der Waals surface area (Å²) < 4.78 is 0.687. The van der Waals surface area contributed by atoms with Gasteiger partial charge in [-0.05, 0) is 53.4 Å². The molecule has 2 aliphatic rings. The number of benzene rings is 1. The SMILES string of the molecule is O=C(O)c1ccc(Br)c(NC(=O)C2CC3CCC2N3)c1. The number of carboxylic acid groups (broad SMARTS) is 1. The molecular formula is C14H15BrN2O3. The molecule has 3 rings (SSSR count). The minimum atomic E-state index is -1.01. The third-order valence-corrected chi connectivity index (χ3v) is 4.80. The first kappa shape index (κ1) is 13.6. The molecule has 1 amide bonds. The molecule has 2 bridgehead atoms. The molecule has 106 valence electrons. The maximum absolute atomic E-state index is 12.3. The van der Waals surface area contributed by atoms with Gasteiger partial charge in [-0.2, -0.15) is 0 Å². The predicted octanol–water partition coefficient (Wildman–Crippen LogP) is 2.23. The zero-order valence-corrected chi connectivity index (χ0v) is 12.3. The van der Waals surface area contributed by atoms with Crippen LogP contribution < -0.4 is 10.6 Å². The van der Waals surface area contributed by atoms with Gasteiger partial charge in [0, 0.05) is 16.6 Å². The summed E-state index contributed by atoms with van der Waals surface area (Å²) in [4.78, 5) is 23.3. The van der Waals surface area contributed by atoms with Crippen LogP contribution in [-0.4, -0.2) is 29.1 Å². The van der Waals surface area contributed by atoms with E-state index in [9.17, 15) is 9.59 Å². The van der Waals surface area contributed by atoms with Crippen LogP contribution in [0.4, 0.5) is 5.69 Å². The number of carbonyl (C=O) groups excluding carboxylic acids is 1. The Kier molecular flexibility index (Phi) is 3.52. The second kappa shape index (κ2) is 5.18. The highest BCUT2D eigenvalue weighted by Crippen LogP contribution is 2.34. The Hall–Kier alpha value is -1.40. The van der Waals surface area contributed by atoms with Gasteiger partial charge in [-0.1, -0.05) is 0 Å². The molecule has 3 atom stereocenters. The summed E-state index contributed by atoms with van der Waals surface area (Å²) in [5, 5.41) is 15.3. The first-order valence-electron chi connectivity index (χ1n) is 6.64. The van der Waals surface area contributed by atoms with Crippen molar-refractivity contribution < 1.29 is 14.7 Å². The number of rotatable bonds is 3. The predicted molar refractivity (Wildman–Crippen MR) is 77.8 cm³/mol. The number of hydrogen-bond acceptors (Lipinski definition) is 3. The molecule has 0 saturated carbocycles. The quantitative estimate of drug-likeness (QED) is 0.789. The number of fused-ring (bicyclic) bond motifs is 2. The van der Waals surface area contributed by atoms with Gasteiger partial charge in [-0.3, -0.25) is 4.79 Å². The van der Waals surface area contributed by atoms with Gasteiger partial charge in [0.2, 0.25) is 5.91 Å². The molecule has 6 heteroatoms. The first-order valence-corrected chi connectivity index (χ1v) is 7.43. The summed E-state index contributed by atoms with van der Waals surface area (Å²) in [5.74, 6) is -1.06. The molecule has 1 aromatic carbocycles. The summed E-state index contributed by atoms with van der Waals surface area (Å²) in [6, 6.07) is 5.34. The van der Waals surface area contributed by atoms with Crippen molar-refractivity contribution in [1.82, 2.24) is 5.32 Å². The number of hydrogen-bond donors (Lipinski definition) is 3. The van der Waals surface area contributed by atoms with Crippen LogP contribution in [0.5, 0.6) is 0 Å². The van der Waals surface area contributed by atoms with Crippen LogP contribution in [0.1, 0.15) is 29.6 Å². The first-order chi connectivity index (χ1) is 9.54. The maximum Gasteiger partial charge on any atom is 0.335 e. The van der Waals surface area contributed by atoms with E-state index in [-0.39, 0.29) is 23.4 Å². The van der Waals surface area contributed by atoms with E-state index >= 15 is 0 Å². The van der Waals surface area contributed by atoms with E-state index in [4.69, 9.17) is 5.11 Å². The molecule has 5 nitrogen and oxygen atoms in total. The normalized spacial score (nSPS) is 27.6. The Bertz CT molecular complexity index is 576. The van der Waals surface area contributed by atoms with Gasteiger partial charge in [0.1, 0.15) is 0 Å². The topological polar surface area (TPSA) is 78.4 Å². The molecule has 0 aliphatic carbocycles. The maximum atomic E-state index is 12.3. The molecule has 0 spiro atoms. The molecule has 3 N–H and O–H groups in total. The molecule has 0 radical (unpaired) electrons. The second-order valence-corrected chi connectivity index (χ2v) is 6.23. The molecule has 2 fully saturated rings. The highest BCUT2D eigenvalue weighted by Gasteiger charge is 2.42. The van der Waals surface area contributed by atoms with Crippen molar-refractivity contribution in [1.29, 1.82) is 0 Å². The van der Waals surface area contributed by atoms with E-state index < -0.39 is 5.97 Å². The lowest BCUT2D eigenvalue weighted by Gasteiger charge is -2.20. The molecule has 20 heavy (non-hydrogen) atoms. The average molecular weight is 339 g/mol. The van der Waals surface area contributed by atoms with Gasteiger partial charge < -0.3 is 15.7 Å². The van der Waals surface area contributed by atoms with Crippen molar-refractivity contribution in [3.8, 4) is 0 Å². The van der Waals surface area contributed by atoms with Crippen molar-refractivity contribution in [3.05, 3.63) is 28.2 Å². The molecule has 2 saturated heterocycles. The summed E-state index contributed by atoms with van der Waals surface area (Å²) in [5.41, 5.74) is 0.673. The Labute approximate surface area is 124 Å². The number of nitrogens with one attached hydrogen (secondary N) is 2. The Balaban J connectivity index is 1.75. The van der Waals surface area contributed by atoms with Crippen molar-refractivity contribution in [3.63, 3.8) is 0 Å². The second-order valence-electron chi connectivity index (χ2n) is 5.38. The summed E-state index contributed by atoms with van der Waals surface area (Å²) in [6.07, 6.45) is 3.05. The molecule has 2 heterocycles. The molecular weight excluding hydrogens is 324 g/mol. The van der Waals surface area contributed by atoms with Crippen LogP contribution in [0.15, 0.2) is 22.7 Å². The lowest BCUT2D eigenvalue weighted by atomic mass is 9.88. The third kappa shape index (κ3) is 2.45. The molecule has 2 aliphatic heterocycles. The van der Waals surface area contributed by atoms with Crippen molar-refractivity contribution in [2.45, 2.75) is 31.3 Å². The van der Waals surface area contributed by atoms with Crippen molar-refractivity contribution in [2.24, 2.45) is 5.92 Å². The number of halogens is 1. The highest BCUT2D eigenvalue weighted by molar-refractivity contribution is 9.10. The van der Waals surface area contributed by atoms with Gasteiger partial charge >= 0.3 is 5.97 Å². The number of aromatic carboxylic acids is 1. The average Bonchev–Trinajstić information content (AvgIpc) is 3.03. The zero-order valence-electron chi connectivity index (χ0n) is 10.7. The zero-order chi connectivity index (χ0) is 14.3. The molecule has 1 aromatic rings. The van der Waals surface area contributed by atoms with Crippen LogP contribution in [0, 0.1) is 5.92 Å². The standard InChI is InChI=1S/C14H15BrN2O3/c15-10-3-1-7(14(19)20)5-12(10)17-13(18)9-6-8-2-4-11(9)16-8/h1,3,5,8-9,11,16H,2,4,6H2,(H,17,18)(H,19,20). The Morgan fingerprint density at radius 1 is 1.35 bits per heavy atom. The van der Waals surface area contributed by atoms with E-state index in [2.05, 4.69) is 26.6 Å². The number of anilines is 1. The number of carbonyl (C=O) groups is 2. The van der Waals surface area contributed by atoms with Gasteiger partial charge in [0.05, 0.1) is 17.2 Å². The van der Waals surface area contributed by atoms with E-state index in [0.29, 0.717) is 16.2 Å². The monoisotopic (exact) mass is 338 g/mol. The fraction of sp³-hybridized carbons (Fsp3) is 0.429. The van der Waals surface area contributed by atoms with E-state index in [1.165, 1.54) is 12.1 Å². The highest BCUT2D eigenvalue weighted by atomic mass is 79.9. The lowest BCUT2D eigenvalue weighted by Crippen LogP contribution is -2.32. The lowest BCUT2D eigenvalue weighted by molar-refractivity contribution is -0.120. The third-order valence-electron chi connectivity index (χ3n) is 4.11. The minimum Gasteiger partial charge on any atom is -0.478 e. The summed E-state index contributed by atoms with van der Waals surface area (Å²) in [7, 11) is 0. The molecule has 3 unspecified atom stereocenters. The van der Waals surface area contributed by atoms with E-state index in [1.807, 2.05) is 0 Å². The van der Waals surface area contributed by atoms with Gasteiger partial charge in [0.25, 0.3) is 0 Å². The van der Waals surface area contributed by atoms with Crippen LogP contribution in [0.3, 0.4) is 0 Å². The van der Waals surface area contributed by atoms with Crippen LogP contribution >= 0.6 is 15.9 Å². The van der Waals surface area contributed by atoms with Gasteiger partial charge in [-0.15, -0.1) is 0 Å². The van der Waals surface area contributed by atoms with Crippen LogP contribution in [0.25, 0.3) is 0 Å². The Morgan fingerprint density at radius 3 is 2.75 bits per heavy atom. The number of amides is 1. The van der Waals surface area contributed by atoms with Crippen molar-refractivity contribution >= 4 is 33.5 Å². The van der Waals surface area contributed by atoms with E-state index in [1.54, 1.807) is 6.07 Å². The van der Waals surface area contributed by atoms with Crippen molar-refractivity contribution in [2.75, 3.05) is 5.32 Å².